The summed E-state index contributed by atoms with van der Waals surface area (Å²) in [5, 5.41) is 3.23. The third-order valence-corrected chi connectivity index (χ3v) is 4.52. The van der Waals surface area contributed by atoms with Gasteiger partial charge in [0.15, 0.2) is 11.5 Å². The third-order valence-electron chi connectivity index (χ3n) is 4.52. The molecule has 26 heavy (non-hydrogen) atoms. The van der Waals surface area contributed by atoms with Gasteiger partial charge < -0.3 is 10.1 Å². The van der Waals surface area contributed by atoms with E-state index < -0.39 is 5.97 Å². The second-order valence-electron chi connectivity index (χ2n) is 6.49. The second-order valence-corrected chi connectivity index (χ2v) is 6.49. The van der Waals surface area contributed by atoms with Gasteiger partial charge in [-0.2, -0.15) is 0 Å². The van der Waals surface area contributed by atoms with Gasteiger partial charge in [0.05, 0.1) is 17.6 Å². The molecule has 0 spiro atoms. The Morgan fingerprint density at radius 2 is 1.54 bits per heavy atom. The van der Waals surface area contributed by atoms with Crippen LogP contribution in [0, 0.1) is 27.7 Å². The van der Waals surface area contributed by atoms with Gasteiger partial charge >= 0.3 is 5.97 Å². The molecule has 5 heteroatoms. The molecule has 0 amide bonds. The summed E-state index contributed by atoms with van der Waals surface area (Å²) in [5.74, 6) is -0.0751. The number of esters is 1. The molecule has 1 N–H and O–H groups in total. The summed E-state index contributed by atoms with van der Waals surface area (Å²) in [7, 11) is 0. The number of benzene rings is 2. The molecule has 0 atom stereocenters. The van der Waals surface area contributed by atoms with Gasteiger partial charge in [0, 0.05) is 5.69 Å². The summed E-state index contributed by atoms with van der Waals surface area (Å²) in [6, 6.07) is 9.95. The Labute approximate surface area is 153 Å². The maximum absolute atomic E-state index is 12.4. The lowest BCUT2D eigenvalue weighted by molar-refractivity contribution is 0.0521. The third kappa shape index (κ3) is 3.52. The van der Waals surface area contributed by atoms with E-state index in [9.17, 15) is 4.79 Å². The highest BCUT2D eigenvalue weighted by atomic mass is 16.5. The predicted molar refractivity (Wildman–Crippen MR) is 104 cm³/mol. The lowest BCUT2D eigenvalue weighted by Gasteiger charge is -2.13. The number of ether oxygens (including phenoxy) is 1. The first kappa shape index (κ1) is 17.9. The van der Waals surface area contributed by atoms with Crippen LogP contribution < -0.4 is 5.32 Å². The average Bonchev–Trinajstić information content (AvgIpc) is 2.59. The molecule has 0 aliphatic heterocycles. The number of carbonyl (C=O) groups excluding carboxylic acids is 1. The van der Waals surface area contributed by atoms with Crippen LogP contribution in [0.5, 0.6) is 0 Å². The Bertz CT molecular complexity index is 996. The number of aryl methyl sites for hydroxylation is 4. The summed E-state index contributed by atoms with van der Waals surface area (Å²) < 4.78 is 5.17. The SMILES string of the molecule is CCOC(=O)c1nc2cc(C)c(C)cc2nc1Nc1ccc(C)c(C)c1. The Balaban J connectivity index is 2.13. The quantitative estimate of drug-likeness (QED) is 0.687. The molecule has 0 unspecified atom stereocenters. The molecule has 3 aromatic rings. The van der Waals surface area contributed by atoms with E-state index in [1.165, 1.54) is 5.56 Å². The summed E-state index contributed by atoms with van der Waals surface area (Å²) in [6.07, 6.45) is 0. The fourth-order valence-electron chi connectivity index (χ4n) is 2.70. The van der Waals surface area contributed by atoms with Crippen LogP contribution in [-0.2, 0) is 4.74 Å². The Kier molecular flexibility index (Phi) is 4.89. The van der Waals surface area contributed by atoms with Crippen LogP contribution in [0.1, 0.15) is 39.7 Å². The van der Waals surface area contributed by atoms with Crippen molar-refractivity contribution in [3.05, 3.63) is 58.3 Å². The topological polar surface area (TPSA) is 64.1 Å². The van der Waals surface area contributed by atoms with E-state index in [4.69, 9.17) is 4.74 Å². The maximum atomic E-state index is 12.4. The molecule has 0 saturated heterocycles. The van der Waals surface area contributed by atoms with Crippen molar-refractivity contribution in [1.82, 2.24) is 9.97 Å². The molecule has 0 aliphatic rings. The molecule has 1 aromatic heterocycles. The van der Waals surface area contributed by atoms with Crippen LogP contribution in [0.15, 0.2) is 30.3 Å². The van der Waals surface area contributed by atoms with Crippen molar-refractivity contribution in [1.29, 1.82) is 0 Å². The first-order valence-corrected chi connectivity index (χ1v) is 8.69. The number of hydrogen-bond donors (Lipinski definition) is 1. The highest BCUT2D eigenvalue weighted by molar-refractivity contribution is 5.96. The zero-order chi connectivity index (χ0) is 18.8. The predicted octanol–water partition coefficient (Wildman–Crippen LogP) is 4.78. The molecule has 1 heterocycles. The zero-order valence-electron chi connectivity index (χ0n) is 15.8. The second kappa shape index (κ2) is 7.12. The minimum absolute atomic E-state index is 0.195. The number of rotatable bonds is 4. The van der Waals surface area contributed by atoms with Crippen molar-refractivity contribution in [3.63, 3.8) is 0 Å². The fraction of sp³-hybridized carbons (Fsp3) is 0.286. The summed E-state index contributed by atoms with van der Waals surface area (Å²) in [6.45, 7) is 10.2. The Hall–Kier alpha value is -2.95. The number of nitrogens with one attached hydrogen (secondary N) is 1. The van der Waals surface area contributed by atoms with Crippen molar-refractivity contribution in [2.24, 2.45) is 0 Å². The summed E-state index contributed by atoms with van der Waals surface area (Å²) in [4.78, 5) is 21.6. The van der Waals surface area contributed by atoms with Crippen molar-refractivity contribution in [3.8, 4) is 0 Å². The van der Waals surface area contributed by atoms with Crippen LogP contribution in [0.3, 0.4) is 0 Å². The minimum Gasteiger partial charge on any atom is -0.461 e. The highest BCUT2D eigenvalue weighted by Crippen LogP contribution is 2.25. The van der Waals surface area contributed by atoms with E-state index in [2.05, 4.69) is 22.2 Å². The van der Waals surface area contributed by atoms with Gasteiger partial charge in [0.2, 0.25) is 0 Å². The van der Waals surface area contributed by atoms with E-state index in [1.54, 1.807) is 6.92 Å². The summed E-state index contributed by atoms with van der Waals surface area (Å²) in [5.41, 5.74) is 7.08. The molecule has 0 fully saturated rings. The van der Waals surface area contributed by atoms with Gasteiger partial charge in [-0.05, 0) is 81.1 Å². The van der Waals surface area contributed by atoms with Crippen LogP contribution in [0.4, 0.5) is 11.5 Å². The lowest BCUT2D eigenvalue weighted by atomic mass is 10.1. The van der Waals surface area contributed by atoms with Gasteiger partial charge in [0.25, 0.3) is 0 Å². The first-order valence-electron chi connectivity index (χ1n) is 8.69. The van der Waals surface area contributed by atoms with Crippen molar-refractivity contribution in [2.75, 3.05) is 11.9 Å². The van der Waals surface area contributed by atoms with Gasteiger partial charge in [-0.25, -0.2) is 14.8 Å². The van der Waals surface area contributed by atoms with E-state index >= 15 is 0 Å². The van der Waals surface area contributed by atoms with Gasteiger partial charge in [-0.1, -0.05) is 6.07 Å². The molecule has 5 nitrogen and oxygen atoms in total. The molecule has 0 aliphatic carbocycles. The van der Waals surface area contributed by atoms with E-state index in [1.807, 2.05) is 51.1 Å². The standard InChI is InChI=1S/C21H23N3O2/c1-6-26-21(25)19-20(22-16-8-7-12(2)13(3)9-16)24-18-11-15(5)14(4)10-17(18)23-19/h7-11H,6H2,1-5H3,(H,22,24). The van der Waals surface area contributed by atoms with Crippen molar-refractivity contribution < 1.29 is 9.53 Å². The number of carbonyl (C=O) groups is 1. The van der Waals surface area contributed by atoms with Crippen molar-refractivity contribution >= 4 is 28.5 Å². The van der Waals surface area contributed by atoms with Gasteiger partial charge in [0.1, 0.15) is 0 Å². The molecular formula is C21H23N3O2. The fourth-order valence-corrected chi connectivity index (χ4v) is 2.70. The molecular weight excluding hydrogens is 326 g/mol. The molecule has 0 bridgehead atoms. The Morgan fingerprint density at radius 1 is 0.923 bits per heavy atom. The van der Waals surface area contributed by atoms with Crippen LogP contribution >= 0.6 is 0 Å². The van der Waals surface area contributed by atoms with E-state index in [-0.39, 0.29) is 12.3 Å². The summed E-state index contributed by atoms with van der Waals surface area (Å²) >= 11 is 0. The molecule has 2 aromatic carbocycles. The number of aromatic nitrogens is 2. The normalized spacial score (nSPS) is 10.8. The smallest absolute Gasteiger partial charge is 0.360 e. The maximum Gasteiger partial charge on any atom is 0.360 e. The van der Waals surface area contributed by atoms with Gasteiger partial charge in [-0.3, -0.25) is 0 Å². The lowest BCUT2D eigenvalue weighted by Crippen LogP contribution is -2.12. The zero-order valence-corrected chi connectivity index (χ0v) is 15.8. The monoisotopic (exact) mass is 349 g/mol. The van der Waals surface area contributed by atoms with E-state index in [0.29, 0.717) is 11.3 Å². The van der Waals surface area contributed by atoms with Crippen LogP contribution in [0.25, 0.3) is 11.0 Å². The minimum atomic E-state index is -0.480. The number of anilines is 2. The molecule has 0 saturated carbocycles. The average molecular weight is 349 g/mol. The molecule has 3 rings (SSSR count). The van der Waals surface area contributed by atoms with Crippen molar-refractivity contribution in [2.45, 2.75) is 34.6 Å². The Morgan fingerprint density at radius 3 is 2.15 bits per heavy atom. The highest BCUT2D eigenvalue weighted by Gasteiger charge is 2.18. The molecule has 134 valence electrons. The number of hydrogen-bond acceptors (Lipinski definition) is 5. The van der Waals surface area contributed by atoms with Crippen LogP contribution in [-0.4, -0.2) is 22.5 Å². The number of nitrogens with zero attached hydrogens (tertiary/aromatic N) is 2. The molecule has 0 radical (unpaired) electrons. The largest absolute Gasteiger partial charge is 0.461 e. The number of fused-ring (bicyclic) bond motifs is 1. The van der Waals surface area contributed by atoms with Gasteiger partial charge in [-0.15, -0.1) is 0 Å². The van der Waals surface area contributed by atoms with Crippen LogP contribution in [0.2, 0.25) is 0 Å². The first-order chi connectivity index (χ1) is 12.4. The van der Waals surface area contributed by atoms with E-state index in [0.717, 1.165) is 27.9 Å².